The standard InChI is InChI=1S/C64H41N3/c1-4-18-42(19-5-1)45-32-34-46(35-33-45)61-65-62(67-63(66-61)50-39-48(43-20-6-2-7-21-43)38-49(40-50)44-22-8-3-9-23-44)47-36-37-60-56(41-47)52-25-11-10-24-51(52)53-26-12-15-29-57(53)64(60)58-30-16-13-27-54(58)55-28-14-17-31-59(55)64/h1-41H. The lowest BCUT2D eigenvalue weighted by molar-refractivity contribution is 0.775. The van der Waals surface area contributed by atoms with Crippen LogP contribution in [0.2, 0.25) is 0 Å². The number of hydrogen-bond acceptors (Lipinski definition) is 3. The molecule has 13 rings (SSSR count). The average molecular weight is 852 g/mol. The molecule has 0 aliphatic heterocycles. The van der Waals surface area contributed by atoms with E-state index in [1.165, 1.54) is 50.1 Å². The Balaban J connectivity index is 1.06. The molecular formula is C64H41N3. The molecule has 2 aliphatic rings. The molecule has 1 spiro atoms. The van der Waals surface area contributed by atoms with Gasteiger partial charge in [-0.1, -0.05) is 224 Å². The molecule has 3 heteroatoms. The van der Waals surface area contributed by atoms with E-state index in [4.69, 9.17) is 15.0 Å². The highest BCUT2D eigenvalue weighted by Crippen LogP contribution is 2.61. The fourth-order valence-electron chi connectivity index (χ4n) is 10.7. The Morgan fingerprint density at radius 2 is 0.507 bits per heavy atom. The van der Waals surface area contributed by atoms with Gasteiger partial charge >= 0.3 is 0 Å². The molecule has 11 aromatic rings. The van der Waals surface area contributed by atoms with Crippen molar-refractivity contribution >= 4 is 0 Å². The molecule has 3 nitrogen and oxygen atoms in total. The van der Waals surface area contributed by atoms with Crippen LogP contribution in [0.25, 0.3) is 101 Å². The second-order valence-electron chi connectivity index (χ2n) is 17.5. The van der Waals surface area contributed by atoms with Gasteiger partial charge in [-0.25, -0.2) is 15.0 Å². The monoisotopic (exact) mass is 851 g/mol. The zero-order valence-electron chi connectivity index (χ0n) is 36.5. The molecule has 67 heavy (non-hydrogen) atoms. The highest BCUT2D eigenvalue weighted by atomic mass is 15.0. The van der Waals surface area contributed by atoms with Crippen molar-refractivity contribution in [3.05, 3.63) is 271 Å². The number of hydrogen-bond donors (Lipinski definition) is 0. The van der Waals surface area contributed by atoms with Crippen LogP contribution in [0, 0.1) is 0 Å². The van der Waals surface area contributed by atoms with Crippen molar-refractivity contribution < 1.29 is 0 Å². The third-order valence-electron chi connectivity index (χ3n) is 13.8. The minimum atomic E-state index is -0.571. The van der Waals surface area contributed by atoms with Gasteiger partial charge in [-0.2, -0.15) is 0 Å². The molecule has 312 valence electrons. The molecule has 0 saturated heterocycles. The number of aromatic nitrogens is 3. The van der Waals surface area contributed by atoms with E-state index in [1.807, 2.05) is 6.07 Å². The molecular weight excluding hydrogens is 811 g/mol. The molecule has 0 bridgehead atoms. The Bertz CT molecular complexity index is 3570. The minimum absolute atomic E-state index is 0.571. The van der Waals surface area contributed by atoms with Crippen LogP contribution in [0.4, 0.5) is 0 Å². The summed E-state index contributed by atoms with van der Waals surface area (Å²) in [4.78, 5) is 16.1. The van der Waals surface area contributed by atoms with Gasteiger partial charge in [0.15, 0.2) is 17.5 Å². The first kappa shape index (κ1) is 38.6. The molecule has 2 aliphatic carbocycles. The summed E-state index contributed by atoms with van der Waals surface area (Å²) in [7, 11) is 0. The van der Waals surface area contributed by atoms with E-state index in [0.29, 0.717) is 17.5 Å². The molecule has 0 unspecified atom stereocenters. The smallest absolute Gasteiger partial charge is 0.164 e. The van der Waals surface area contributed by atoms with Gasteiger partial charge in [0.1, 0.15) is 0 Å². The predicted molar refractivity (Wildman–Crippen MR) is 274 cm³/mol. The van der Waals surface area contributed by atoms with Gasteiger partial charge in [0.25, 0.3) is 0 Å². The van der Waals surface area contributed by atoms with E-state index >= 15 is 0 Å². The second-order valence-corrected chi connectivity index (χ2v) is 17.5. The molecule has 1 aromatic heterocycles. The lowest BCUT2D eigenvalue weighted by Gasteiger charge is -2.35. The highest BCUT2D eigenvalue weighted by Gasteiger charge is 2.49. The highest BCUT2D eigenvalue weighted by molar-refractivity contribution is 5.98. The Morgan fingerprint density at radius 3 is 1.01 bits per heavy atom. The average Bonchev–Trinajstić information content (AvgIpc) is 3.66. The summed E-state index contributed by atoms with van der Waals surface area (Å²) in [5.74, 6) is 1.84. The maximum atomic E-state index is 5.44. The van der Waals surface area contributed by atoms with E-state index < -0.39 is 5.41 Å². The quantitative estimate of drug-likeness (QED) is 0.167. The summed E-state index contributed by atoms with van der Waals surface area (Å²) < 4.78 is 0. The molecule has 0 radical (unpaired) electrons. The fraction of sp³-hybridized carbons (Fsp3) is 0.0156. The molecule has 0 atom stereocenters. The summed E-state index contributed by atoms with van der Waals surface area (Å²) in [6, 6.07) is 89.6. The van der Waals surface area contributed by atoms with Crippen molar-refractivity contribution in [3.63, 3.8) is 0 Å². The van der Waals surface area contributed by atoms with Crippen molar-refractivity contribution in [1.29, 1.82) is 0 Å². The van der Waals surface area contributed by atoms with Crippen molar-refractivity contribution in [3.8, 4) is 101 Å². The van der Waals surface area contributed by atoms with Gasteiger partial charge in [0.2, 0.25) is 0 Å². The van der Waals surface area contributed by atoms with Crippen LogP contribution >= 0.6 is 0 Å². The van der Waals surface area contributed by atoms with Crippen LogP contribution < -0.4 is 0 Å². The first-order chi connectivity index (χ1) is 33.2. The molecule has 0 amide bonds. The fourth-order valence-corrected chi connectivity index (χ4v) is 10.7. The van der Waals surface area contributed by atoms with E-state index in [0.717, 1.165) is 55.6 Å². The summed E-state index contributed by atoms with van der Waals surface area (Å²) in [5, 5.41) is 0. The second kappa shape index (κ2) is 15.7. The normalized spacial score (nSPS) is 12.6. The minimum Gasteiger partial charge on any atom is -0.208 e. The lowest BCUT2D eigenvalue weighted by atomic mass is 9.66. The van der Waals surface area contributed by atoms with Crippen LogP contribution in [0.3, 0.4) is 0 Å². The predicted octanol–water partition coefficient (Wildman–Crippen LogP) is 15.9. The van der Waals surface area contributed by atoms with Crippen LogP contribution in [0.1, 0.15) is 22.3 Å². The molecule has 0 saturated carbocycles. The maximum absolute atomic E-state index is 5.44. The largest absolute Gasteiger partial charge is 0.208 e. The van der Waals surface area contributed by atoms with E-state index in [2.05, 4.69) is 243 Å². The van der Waals surface area contributed by atoms with Gasteiger partial charge < -0.3 is 0 Å². The number of fused-ring (bicyclic) bond motifs is 12. The van der Waals surface area contributed by atoms with Gasteiger partial charge in [-0.05, 0) is 113 Å². The van der Waals surface area contributed by atoms with Crippen LogP contribution in [0.5, 0.6) is 0 Å². The van der Waals surface area contributed by atoms with Crippen LogP contribution in [0.15, 0.2) is 249 Å². The van der Waals surface area contributed by atoms with Crippen molar-refractivity contribution in [2.24, 2.45) is 0 Å². The zero-order valence-corrected chi connectivity index (χ0v) is 36.5. The lowest BCUT2D eigenvalue weighted by Crippen LogP contribution is -2.29. The summed E-state index contributed by atoms with van der Waals surface area (Å²) >= 11 is 0. The Hall–Kier alpha value is -8.79. The number of rotatable bonds is 6. The van der Waals surface area contributed by atoms with Crippen molar-refractivity contribution in [2.75, 3.05) is 0 Å². The Morgan fingerprint density at radius 1 is 0.194 bits per heavy atom. The molecule has 0 fully saturated rings. The topological polar surface area (TPSA) is 38.7 Å². The van der Waals surface area contributed by atoms with E-state index in [-0.39, 0.29) is 0 Å². The van der Waals surface area contributed by atoms with E-state index in [1.54, 1.807) is 0 Å². The third-order valence-corrected chi connectivity index (χ3v) is 13.8. The first-order valence-electron chi connectivity index (χ1n) is 22.9. The number of benzene rings is 10. The van der Waals surface area contributed by atoms with Gasteiger partial charge in [0, 0.05) is 16.7 Å². The van der Waals surface area contributed by atoms with Crippen LogP contribution in [-0.2, 0) is 5.41 Å². The molecule has 0 N–H and O–H groups in total. The van der Waals surface area contributed by atoms with Gasteiger partial charge in [-0.3, -0.25) is 0 Å². The van der Waals surface area contributed by atoms with Crippen LogP contribution in [-0.4, -0.2) is 15.0 Å². The maximum Gasteiger partial charge on any atom is 0.164 e. The SMILES string of the molecule is c1ccc(-c2ccc(-c3nc(-c4cc(-c5ccccc5)cc(-c5ccccc5)c4)nc(-c4ccc5c(c4)-c4ccccc4-c4ccccc4C54c5ccccc5-c5ccccc54)n3)cc2)cc1. The van der Waals surface area contributed by atoms with E-state index in [9.17, 15) is 0 Å². The first-order valence-corrected chi connectivity index (χ1v) is 22.9. The van der Waals surface area contributed by atoms with Crippen molar-refractivity contribution in [1.82, 2.24) is 15.0 Å². The summed E-state index contributed by atoms with van der Waals surface area (Å²) in [5.41, 5.74) is 21.3. The molecule has 10 aromatic carbocycles. The van der Waals surface area contributed by atoms with Gasteiger partial charge in [0.05, 0.1) is 5.41 Å². The summed E-state index contributed by atoms with van der Waals surface area (Å²) in [6.45, 7) is 0. The Kier molecular flexibility index (Phi) is 9.07. The molecule has 1 heterocycles. The summed E-state index contributed by atoms with van der Waals surface area (Å²) in [6.07, 6.45) is 0. The zero-order chi connectivity index (χ0) is 44.3. The van der Waals surface area contributed by atoms with Gasteiger partial charge in [-0.15, -0.1) is 0 Å². The number of nitrogens with zero attached hydrogens (tertiary/aromatic N) is 3. The van der Waals surface area contributed by atoms with Crippen molar-refractivity contribution in [2.45, 2.75) is 5.41 Å². The Labute approximate surface area is 390 Å². The third kappa shape index (κ3) is 6.31.